The molecule has 7 nitrogen and oxygen atoms in total. The van der Waals surface area contributed by atoms with Gasteiger partial charge in [-0.1, -0.05) is 25.1 Å². The van der Waals surface area contributed by atoms with Crippen molar-refractivity contribution in [2.45, 2.75) is 39.3 Å². The number of phenolic OH excluding ortho intramolecular Hbond substituents is 1. The lowest BCUT2D eigenvalue weighted by Gasteiger charge is -2.25. The van der Waals surface area contributed by atoms with Crippen molar-refractivity contribution in [1.82, 2.24) is 4.90 Å². The van der Waals surface area contributed by atoms with Gasteiger partial charge in [0.15, 0.2) is 11.5 Å². The van der Waals surface area contributed by atoms with Gasteiger partial charge in [0.05, 0.1) is 24.8 Å². The van der Waals surface area contributed by atoms with E-state index in [1.807, 2.05) is 20.8 Å². The number of aromatic hydroxyl groups is 1. The van der Waals surface area contributed by atoms with Gasteiger partial charge in [0.25, 0.3) is 11.7 Å². The molecule has 1 heterocycles. The molecule has 2 aromatic rings. The number of likely N-dealkylation sites (tertiary alicyclic amines) is 1. The van der Waals surface area contributed by atoms with Crippen LogP contribution in [0.3, 0.4) is 0 Å². The van der Waals surface area contributed by atoms with Crippen LogP contribution in [0, 0.1) is 0 Å². The number of rotatable bonds is 7. The molecule has 3 rings (SSSR count). The van der Waals surface area contributed by atoms with E-state index in [4.69, 9.17) is 9.47 Å². The topological polar surface area (TPSA) is 96.3 Å². The van der Waals surface area contributed by atoms with E-state index in [9.17, 15) is 19.8 Å². The molecule has 7 heteroatoms. The zero-order valence-electron chi connectivity index (χ0n) is 18.1. The van der Waals surface area contributed by atoms with Crippen molar-refractivity contribution < 1.29 is 29.3 Å². The van der Waals surface area contributed by atoms with Crippen molar-refractivity contribution in [3.05, 3.63) is 59.2 Å². The highest BCUT2D eigenvalue weighted by Crippen LogP contribution is 2.42. The van der Waals surface area contributed by atoms with Gasteiger partial charge in [0.2, 0.25) is 0 Å². The minimum atomic E-state index is -0.827. The minimum absolute atomic E-state index is 0.0234. The number of nitrogens with zero attached hydrogens (tertiary/aromatic N) is 1. The number of ketones is 1. The molecular weight excluding hydrogens is 398 g/mol. The van der Waals surface area contributed by atoms with Crippen LogP contribution in [0.1, 0.15) is 44.4 Å². The molecule has 0 aromatic heterocycles. The first kappa shape index (κ1) is 22.2. The third-order valence-corrected chi connectivity index (χ3v) is 5.00. The first-order valence-corrected chi connectivity index (χ1v) is 10.2. The lowest BCUT2D eigenvalue weighted by Crippen LogP contribution is -2.30. The average molecular weight is 425 g/mol. The molecule has 1 unspecified atom stereocenters. The fourth-order valence-electron chi connectivity index (χ4n) is 3.72. The second-order valence-electron chi connectivity index (χ2n) is 7.62. The third kappa shape index (κ3) is 4.35. The largest absolute Gasteiger partial charge is 0.507 e. The molecule has 31 heavy (non-hydrogen) atoms. The highest BCUT2D eigenvalue weighted by atomic mass is 16.5. The van der Waals surface area contributed by atoms with E-state index in [1.54, 1.807) is 36.4 Å². The number of carbonyl (C=O) groups excluding carboxylic acids is 2. The lowest BCUT2D eigenvalue weighted by atomic mass is 9.95. The molecular formula is C24H27NO6. The Morgan fingerprint density at radius 2 is 1.90 bits per heavy atom. The SMILES string of the molecule is CCCN1C(=O)C(=O)/C(=C(\O)c2cccc(OC(C)C)c2)C1c1ccc(OC)c(O)c1. The van der Waals surface area contributed by atoms with Crippen LogP contribution in [0.4, 0.5) is 0 Å². The number of hydrogen-bond acceptors (Lipinski definition) is 6. The molecule has 2 N–H and O–H groups in total. The number of Topliss-reactive ketones (excluding diaryl/α,β-unsaturated/α-hetero) is 1. The van der Waals surface area contributed by atoms with Crippen molar-refractivity contribution in [1.29, 1.82) is 0 Å². The minimum Gasteiger partial charge on any atom is -0.507 e. The standard InChI is InChI=1S/C24H27NO6/c1-5-11-25-21(15-9-10-19(30-4)18(26)13-15)20(23(28)24(25)29)22(27)16-7-6-8-17(12-16)31-14(2)3/h6-10,12-14,21,26-27H,5,11H2,1-4H3/b22-20-. The molecule has 1 saturated heterocycles. The summed E-state index contributed by atoms with van der Waals surface area (Å²) in [7, 11) is 1.43. The predicted molar refractivity (Wildman–Crippen MR) is 116 cm³/mol. The molecule has 0 aliphatic carbocycles. The summed E-state index contributed by atoms with van der Waals surface area (Å²) in [4.78, 5) is 27.1. The number of aliphatic hydroxyl groups excluding tert-OH is 1. The van der Waals surface area contributed by atoms with Crippen molar-refractivity contribution in [2.75, 3.05) is 13.7 Å². The van der Waals surface area contributed by atoms with Crippen LogP contribution in [0.2, 0.25) is 0 Å². The van der Waals surface area contributed by atoms with Gasteiger partial charge in [-0.25, -0.2) is 0 Å². The first-order chi connectivity index (χ1) is 14.8. The van der Waals surface area contributed by atoms with E-state index in [-0.39, 0.29) is 28.9 Å². The molecule has 0 bridgehead atoms. The normalized spacial score (nSPS) is 18.0. The van der Waals surface area contributed by atoms with E-state index in [0.717, 1.165) is 0 Å². The van der Waals surface area contributed by atoms with E-state index < -0.39 is 17.7 Å². The number of aliphatic hydroxyl groups is 1. The number of carbonyl (C=O) groups is 2. The summed E-state index contributed by atoms with van der Waals surface area (Å²) < 4.78 is 10.8. The summed E-state index contributed by atoms with van der Waals surface area (Å²) in [5, 5.41) is 21.3. The fourth-order valence-corrected chi connectivity index (χ4v) is 3.72. The molecule has 1 amide bonds. The van der Waals surface area contributed by atoms with Crippen LogP contribution >= 0.6 is 0 Å². The molecule has 1 aliphatic rings. The van der Waals surface area contributed by atoms with Crippen LogP contribution in [0.15, 0.2) is 48.0 Å². The van der Waals surface area contributed by atoms with Gasteiger partial charge in [0.1, 0.15) is 11.5 Å². The highest BCUT2D eigenvalue weighted by molar-refractivity contribution is 6.46. The second-order valence-corrected chi connectivity index (χ2v) is 7.62. The van der Waals surface area contributed by atoms with Crippen LogP contribution in [0.5, 0.6) is 17.2 Å². The van der Waals surface area contributed by atoms with Gasteiger partial charge in [0, 0.05) is 12.1 Å². The Labute approximate surface area is 181 Å². The van der Waals surface area contributed by atoms with E-state index >= 15 is 0 Å². The molecule has 1 atom stereocenters. The summed E-state index contributed by atoms with van der Waals surface area (Å²) in [5.74, 6) is -1.03. The molecule has 0 saturated carbocycles. The van der Waals surface area contributed by atoms with Crippen molar-refractivity contribution in [3.8, 4) is 17.2 Å². The third-order valence-electron chi connectivity index (χ3n) is 5.00. The molecule has 164 valence electrons. The van der Waals surface area contributed by atoms with E-state index in [1.165, 1.54) is 18.1 Å². The first-order valence-electron chi connectivity index (χ1n) is 10.2. The quantitative estimate of drug-likeness (QED) is 0.395. The monoisotopic (exact) mass is 425 g/mol. The van der Waals surface area contributed by atoms with E-state index in [0.29, 0.717) is 29.8 Å². The lowest BCUT2D eigenvalue weighted by molar-refractivity contribution is -0.139. The molecule has 1 fully saturated rings. The summed E-state index contributed by atoms with van der Waals surface area (Å²) in [5.41, 5.74) is 0.849. The Bertz CT molecular complexity index is 1030. The Kier molecular flexibility index (Phi) is 6.53. The number of amides is 1. The van der Waals surface area contributed by atoms with Crippen molar-refractivity contribution in [3.63, 3.8) is 0 Å². The Morgan fingerprint density at radius 1 is 1.16 bits per heavy atom. The van der Waals surface area contributed by atoms with Crippen LogP contribution in [-0.2, 0) is 9.59 Å². The Hall–Kier alpha value is -3.48. The fraction of sp³-hybridized carbons (Fsp3) is 0.333. The number of ether oxygens (including phenoxy) is 2. The second kappa shape index (κ2) is 9.12. The zero-order valence-corrected chi connectivity index (χ0v) is 18.1. The Morgan fingerprint density at radius 3 is 2.52 bits per heavy atom. The van der Waals surface area contributed by atoms with Gasteiger partial charge in [-0.2, -0.15) is 0 Å². The maximum Gasteiger partial charge on any atom is 0.295 e. The summed E-state index contributed by atoms with van der Waals surface area (Å²) in [6.45, 7) is 6.00. The van der Waals surface area contributed by atoms with Crippen molar-refractivity contribution in [2.24, 2.45) is 0 Å². The highest BCUT2D eigenvalue weighted by Gasteiger charge is 2.45. The van der Waals surface area contributed by atoms with Gasteiger partial charge in [-0.05, 0) is 50.1 Å². The predicted octanol–water partition coefficient (Wildman–Crippen LogP) is 4.02. The van der Waals surface area contributed by atoms with Gasteiger partial charge in [-0.15, -0.1) is 0 Å². The maximum absolute atomic E-state index is 12.9. The van der Waals surface area contributed by atoms with Gasteiger partial charge < -0.3 is 24.6 Å². The Balaban J connectivity index is 2.16. The smallest absolute Gasteiger partial charge is 0.295 e. The maximum atomic E-state index is 12.9. The summed E-state index contributed by atoms with van der Waals surface area (Å²) >= 11 is 0. The number of hydrogen-bond donors (Lipinski definition) is 2. The molecule has 0 radical (unpaired) electrons. The molecule has 0 spiro atoms. The average Bonchev–Trinajstić information content (AvgIpc) is 2.98. The summed E-state index contributed by atoms with van der Waals surface area (Å²) in [6.07, 6.45) is 0.568. The van der Waals surface area contributed by atoms with Crippen molar-refractivity contribution >= 4 is 17.4 Å². The van der Waals surface area contributed by atoms with Gasteiger partial charge in [-0.3, -0.25) is 9.59 Å². The zero-order chi connectivity index (χ0) is 22.7. The number of methoxy groups -OCH3 is 1. The molecule has 1 aliphatic heterocycles. The number of benzene rings is 2. The van der Waals surface area contributed by atoms with Crippen LogP contribution < -0.4 is 9.47 Å². The number of phenols is 1. The summed E-state index contributed by atoms with van der Waals surface area (Å²) in [6, 6.07) is 10.6. The van der Waals surface area contributed by atoms with Crippen LogP contribution in [0.25, 0.3) is 5.76 Å². The van der Waals surface area contributed by atoms with E-state index in [2.05, 4.69) is 0 Å². The molecule has 2 aromatic carbocycles. The van der Waals surface area contributed by atoms with Crippen LogP contribution in [-0.4, -0.2) is 46.6 Å². The van der Waals surface area contributed by atoms with Gasteiger partial charge >= 0.3 is 0 Å².